The number of benzene rings is 1. The number of hydrogen-bond donors (Lipinski definition) is 1. The van der Waals surface area contributed by atoms with Gasteiger partial charge in [0.15, 0.2) is 0 Å². The van der Waals surface area contributed by atoms with Crippen LogP contribution < -0.4 is 5.32 Å². The van der Waals surface area contributed by atoms with Crippen LogP contribution in [0.5, 0.6) is 0 Å². The van der Waals surface area contributed by atoms with Crippen LogP contribution in [0.3, 0.4) is 0 Å². The van der Waals surface area contributed by atoms with Gasteiger partial charge in [0.25, 0.3) is 0 Å². The highest BCUT2D eigenvalue weighted by Crippen LogP contribution is 2.33. The molecule has 0 saturated carbocycles. The maximum absolute atomic E-state index is 12.7. The summed E-state index contributed by atoms with van der Waals surface area (Å²) in [6, 6.07) is 7.18. The van der Waals surface area contributed by atoms with Crippen LogP contribution in [0.25, 0.3) is 11.0 Å². The molecule has 2 amide bonds. The van der Waals surface area contributed by atoms with Crippen molar-refractivity contribution in [3.05, 3.63) is 36.1 Å². The molecule has 0 aliphatic carbocycles. The van der Waals surface area contributed by atoms with Crippen LogP contribution in [0.2, 0.25) is 0 Å². The molecule has 1 N–H and O–H groups in total. The first-order valence-corrected chi connectivity index (χ1v) is 9.06. The zero-order valence-electron chi connectivity index (χ0n) is 15.5. The fourth-order valence-corrected chi connectivity index (χ4v) is 3.62. The molecule has 1 aliphatic rings. The minimum absolute atomic E-state index is 0.163. The second kappa shape index (κ2) is 7.40. The summed E-state index contributed by atoms with van der Waals surface area (Å²) in [5.74, 6) is 0. The lowest BCUT2D eigenvalue weighted by molar-refractivity contribution is -0.110. The Morgan fingerprint density at radius 1 is 1.35 bits per heavy atom. The molecule has 3 rings (SSSR count). The average Bonchev–Trinajstić information content (AvgIpc) is 3.07. The Morgan fingerprint density at radius 3 is 2.88 bits per heavy atom. The second-order valence-corrected chi connectivity index (χ2v) is 7.68. The Morgan fingerprint density at radius 2 is 2.15 bits per heavy atom. The summed E-state index contributed by atoms with van der Waals surface area (Å²) >= 11 is 0. The van der Waals surface area contributed by atoms with Crippen LogP contribution >= 0.6 is 0 Å². The fraction of sp³-hybridized carbons (Fsp3) is 0.500. The molecule has 0 bridgehead atoms. The Bertz CT molecular complexity index is 777. The van der Waals surface area contributed by atoms with Gasteiger partial charge >= 0.3 is 6.09 Å². The quantitative estimate of drug-likeness (QED) is 0.838. The number of carbonyl (C=O) groups excluding carboxylic acids is 2. The molecule has 6 nitrogen and oxygen atoms in total. The number of ether oxygens (including phenoxy) is 1. The fourth-order valence-electron chi connectivity index (χ4n) is 3.62. The largest absolute Gasteiger partial charge is 0.464 e. The Hall–Kier alpha value is -2.50. The summed E-state index contributed by atoms with van der Waals surface area (Å²) in [5.41, 5.74) is 1.15. The van der Waals surface area contributed by atoms with E-state index in [0.717, 1.165) is 35.8 Å². The lowest BCUT2D eigenvalue weighted by Gasteiger charge is -2.40. The van der Waals surface area contributed by atoms with Crippen LogP contribution in [0.4, 0.5) is 4.79 Å². The van der Waals surface area contributed by atoms with Crippen molar-refractivity contribution in [3.8, 4) is 0 Å². The number of furan rings is 1. The third-order valence-electron chi connectivity index (χ3n) is 4.67. The Balaban J connectivity index is 1.95. The highest BCUT2D eigenvalue weighted by atomic mass is 16.6. The van der Waals surface area contributed by atoms with Gasteiger partial charge in [0, 0.05) is 11.9 Å². The van der Waals surface area contributed by atoms with Crippen molar-refractivity contribution in [2.45, 2.75) is 57.7 Å². The molecule has 1 aromatic heterocycles. The summed E-state index contributed by atoms with van der Waals surface area (Å²) in [6.07, 6.45) is 4.74. The van der Waals surface area contributed by atoms with Gasteiger partial charge in [0.2, 0.25) is 6.41 Å². The normalized spacial score (nSPS) is 19.2. The van der Waals surface area contributed by atoms with E-state index in [9.17, 15) is 9.59 Å². The minimum Gasteiger partial charge on any atom is -0.464 e. The number of amides is 2. The molecule has 1 fully saturated rings. The first-order chi connectivity index (χ1) is 12.4. The molecule has 1 aromatic carbocycles. The van der Waals surface area contributed by atoms with Gasteiger partial charge in [-0.2, -0.15) is 0 Å². The Kier molecular flexibility index (Phi) is 5.20. The highest BCUT2D eigenvalue weighted by molar-refractivity contribution is 5.82. The lowest BCUT2D eigenvalue weighted by atomic mass is 9.89. The first-order valence-electron chi connectivity index (χ1n) is 9.06. The van der Waals surface area contributed by atoms with Crippen LogP contribution in [0, 0.1) is 0 Å². The summed E-state index contributed by atoms with van der Waals surface area (Å²) in [6.45, 7) is 6.20. The van der Waals surface area contributed by atoms with Gasteiger partial charge in [0.1, 0.15) is 11.2 Å². The van der Waals surface area contributed by atoms with Crippen molar-refractivity contribution in [1.29, 1.82) is 0 Å². The molecule has 26 heavy (non-hydrogen) atoms. The average molecular weight is 358 g/mol. The second-order valence-electron chi connectivity index (χ2n) is 7.68. The maximum atomic E-state index is 12.7. The minimum atomic E-state index is -0.558. The molecular formula is C20H26N2O4. The number of piperidine rings is 1. The van der Waals surface area contributed by atoms with Gasteiger partial charge in [0.05, 0.1) is 18.3 Å². The van der Waals surface area contributed by atoms with Crippen LogP contribution in [-0.2, 0) is 9.53 Å². The number of likely N-dealkylation sites (tertiary alicyclic amines) is 1. The van der Waals surface area contributed by atoms with E-state index in [1.54, 1.807) is 11.2 Å². The first kappa shape index (κ1) is 18.3. The van der Waals surface area contributed by atoms with Crippen molar-refractivity contribution in [3.63, 3.8) is 0 Å². The third kappa shape index (κ3) is 3.84. The van der Waals surface area contributed by atoms with E-state index in [1.165, 1.54) is 0 Å². The van der Waals surface area contributed by atoms with Gasteiger partial charge in [-0.1, -0.05) is 12.1 Å². The van der Waals surface area contributed by atoms with E-state index < -0.39 is 5.60 Å². The maximum Gasteiger partial charge on any atom is 0.410 e. The molecule has 140 valence electrons. The predicted octanol–water partition coefficient (Wildman–Crippen LogP) is 4.01. The molecule has 0 radical (unpaired) electrons. The summed E-state index contributed by atoms with van der Waals surface area (Å²) in [5, 5.41) is 3.87. The van der Waals surface area contributed by atoms with Gasteiger partial charge in [-0.25, -0.2) is 4.79 Å². The molecule has 2 atom stereocenters. The van der Waals surface area contributed by atoms with Gasteiger partial charge in [-0.05, 0) is 57.7 Å². The van der Waals surface area contributed by atoms with E-state index in [-0.39, 0.29) is 18.2 Å². The number of rotatable bonds is 4. The Labute approximate surface area is 153 Å². The number of fused-ring (bicyclic) bond motifs is 1. The van der Waals surface area contributed by atoms with Gasteiger partial charge < -0.3 is 19.4 Å². The predicted molar refractivity (Wildman–Crippen MR) is 98.7 cm³/mol. The number of nitrogens with zero attached hydrogens (tertiary/aromatic N) is 1. The molecule has 1 aliphatic heterocycles. The number of nitrogens with one attached hydrogen (secondary N) is 1. The highest BCUT2D eigenvalue weighted by Gasteiger charge is 2.36. The van der Waals surface area contributed by atoms with Crippen molar-refractivity contribution in [2.24, 2.45) is 0 Å². The van der Waals surface area contributed by atoms with Crippen molar-refractivity contribution >= 4 is 23.5 Å². The van der Waals surface area contributed by atoms with E-state index in [2.05, 4.69) is 5.32 Å². The molecule has 1 saturated heterocycles. The molecule has 2 aromatic rings. The van der Waals surface area contributed by atoms with E-state index in [0.29, 0.717) is 13.0 Å². The zero-order valence-corrected chi connectivity index (χ0v) is 15.5. The summed E-state index contributed by atoms with van der Waals surface area (Å²) in [4.78, 5) is 25.8. The molecule has 6 heteroatoms. The monoisotopic (exact) mass is 358 g/mol. The molecular weight excluding hydrogens is 332 g/mol. The number of hydrogen-bond acceptors (Lipinski definition) is 4. The van der Waals surface area contributed by atoms with Gasteiger partial charge in [-0.3, -0.25) is 4.79 Å². The van der Waals surface area contributed by atoms with Crippen LogP contribution in [-0.4, -0.2) is 35.6 Å². The van der Waals surface area contributed by atoms with E-state index in [1.807, 2.05) is 45.0 Å². The van der Waals surface area contributed by atoms with E-state index in [4.69, 9.17) is 9.15 Å². The lowest BCUT2D eigenvalue weighted by Crippen LogP contribution is -2.51. The van der Waals surface area contributed by atoms with E-state index >= 15 is 0 Å². The summed E-state index contributed by atoms with van der Waals surface area (Å²) < 4.78 is 11.1. The SMILES string of the molecule is CC(C)(C)OC(=O)N1CCCC[C@H]1C(NC=O)c1cccc2occc12. The van der Waals surface area contributed by atoms with Gasteiger partial charge in [-0.15, -0.1) is 0 Å². The molecule has 1 unspecified atom stereocenters. The van der Waals surface area contributed by atoms with Crippen molar-refractivity contribution in [2.75, 3.05) is 6.54 Å². The third-order valence-corrected chi connectivity index (χ3v) is 4.67. The smallest absolute Gasteiger partial charge is 0.410 e. The molecule has 2 heterocycles. The number of carbonyl (C=O) groups is 2. The zero-order chi connectivity index (χ0) is 18.7. The molecule has 0 spiro atoms. The van der Waals surface area contributed by atoms with Crippen LogP contribution in [0.1, 0.15) is 51.6 Å². The van der Waals surface area contributed by atoms with Crippen molar-refractivity contribution < 1.29 is 18.7 Å². The standard InChI is InChI=1S/C20H26N2O4/c1-20(2,3)26-19(24)22-11-5-4-8-16(22)18(21-13-23)15-7-6-9-17-14(15)10-12-25-17/h6-7,9-10,12-13,16,18H,4-5,8,11H2,1-3H3,(H,21,23)/t16-,18?/m0/s1. The van der Waals surface area contributed by atoms with Crippen LogP contribution in [0.15, 0.2) is 34.9 Å². The van der Waals surface area contributed by atoms with Crippen molar-refractivity contribution in [1.82, 2.24) is 10.2 Å². The summed E-state index contributed by atoms with van der Waals surface area (Å²) in [7, 11) is 0. The topological polar surface area (TPSA) is 71.8 Å².